The molecule has 26 heavy (non-hydrogen) atoms. The summed E-state index contributed by atoms with van der Waals surface area (Å²) in [6.07, 6.45) is 1.54. The van der Waals surface area contributed by atoms with Crippen LogP contribution in [-0.2, 0) is 6.54 Å². The first-order chi connectivity index (χ1) is 12.7. The third-order valence-electron chi connectivity index (χ3n) is 4.64. The normalized spacial score (nSPS) is 15.6. The Hall–Kier alpha value is -2.44. The molecule has 6 heteroatoms. The van der Waals surface area contributed by atoms with Gasteiger partial charge in [-0.2, -0.15) is 0 Å². The van der Waals surface area contributed by atoms with Gasteiger partial charge >= 0.3 is 0 Å². The predicted molar refractivity (Wildman–Crippen MR) is 101 cm³/mol. The van der Waals surface area contributed by atoms with Crippen LogP contribution in [-0.4, -0.2) is 67.1 Å². The van der Waals surface area contributed by atoms with Crippen molar-refractivity contribution in [1.29, 1.82) is 0 Å². The molecule has 0 spiro atoms. The van der Waals surface area contributed by atoms with Gasteiger partial charge < -0.3 is 10.1 Å². The van der Waals surface area contributed by atoms with E-state index in [1.165, 1.54) is 11.8 Å². The smallest absolute Gasteiger partial charge is 0.252 e. The first-order valence-corrected chi connectivity index (χ1v) is 9.01. The van der Waals surface area contributed by atoms with Crippen molar-refractivity contribution in [2.24, 2.45) is 0 Å². The molecule has 1 saturated heterocycles. The average molecular weight is 354 g/mol. The molecule has 138 valence electrons. The van der Waals surface area contributed by atoms with E-state index in [0.29, 0.717) is 18.0 Å². The lowest BCUT2D eigenvalue weighted by Gasteiger charge is -2.34. The zero-order valence-corrected chi connectivity index (χ0v) is 15.2. The van der Waals surface area contributed by atoms with E-state index >= 15 is 0 Å². The fourth-order valence-corrected chi connectivity index (χ4v) is 3.08. The molecule has 0 aliphatic carbocycles. The zero-order valence-electron chi connectivity index (χ0n) is 15.2. The van der Waals surface area contributed by atoms with Gasteiger partial charge in [0.1, 0.15) is 0 Å². The number of rotatable bonds is 7. The zero-order chi connectivity index (χ0) is 18.2. The molecule has 2 aromatic rings. The first-order valence-electron chi connectivity index (χ1n) is 9.01. The summed E-state index contributed by atoms with van der Waals surface area (Å²) in [5.74, 6) is 0.415. The molecule has 1 N–H and O–H groups in total. The van der Waals surface area contributed by atoms with Crippen LogP contribution in [0, 0.1) is 0 Å². The van der Waals surface area contributed by atoms with Crippen molar-refractivity contribution in [1.82, 2.24) is 20.1 Å². The Morgan fingerprint density at radius 3 is 2.46 bits per heavy atom. The minimum absolute atomic E-state index is 0.0946. The molecule has 1 aromatic carbocycles. The van der Waals surface area contributed by atoms with Crippen molar-refractivity contribution in [3.8, 4) is 5.88 Å². The molecule has 1 aliphatic heterocycles. The van der Waals surface area contributed by atoms with Crippen molar-refractivity contribution in [3.05, 3.63) is 59.8 Å². The molecule has 0 bridgehead atoms. The molecular formula is C20H26N4O2. The fraction of sp³-hybridized carbons (Fsp3) is 0.400. The SMILES string of the molecule is COc1ccc(C(=O)NCCN2CCN(Cc3ccccc3)CC2)cn1. The highest BCUT2D eigenvalue weighted by Crippen LogP contribution is 2.08. The third kappa shape index (κ3) is 5.28. The summed E-state index contributed by atoms with van der Waals surface area (Å²) in [5.41, 5.74) is 1.92. The summed E-state index contributed by atoms with van der Waals surface area (Å²) in [5, 5.41) is 2.96. The molecule has 1 fully saturated rings. The van der Waals surface area contributed by atoms with Crippen molar-refractivity contribution >= 4 is 5.91 Å². The highest BCUT2D eigenvalue weighted by Gasteiger charge is 2.17. The second kappa shape index (κ2) is 9.31. The number of carbonyl (C=O) groups is 1. The van der Waals surface area contributed by atoms with Gasteiger partial charge in [0.05, 0.1) is 12.7 Å². The Bertz CT molecular complexity index is 683. The van der Waals surface area contributed by atoms with Crippen LogP contribution in [0.5, 0.6) is 5.88 Å². The second-order valence-corrected chi connectivity index (χ2v) is 6.45. The lowest BCUT2D eigenvalue weighted by Crippen LogP contribution is -2.48. The number of benzene rings is 1. The van der Waals surface area contributed by atoms with Crippen LogP contribution < -0.4 is 10.1 Å². The summed E-state index contributed by atoms with van der Waals surface area (Å²) < 4.78 is 5.00. The van der Waals surface area contributed by atoms with Crippen LogP contribution in [0.4, 0.5) is 0 Å². The van der Waals surface area contributed by atoms with Crippen LogP contribution in [0.1, 0.15) is 15.9 Å². The molecule has 3 rings (SSSR count). The van der Waals surface area contributed by atoms with Gasteiger partial charge in [-0.15, -0.1) is 0 Å². The number of piperazine rings is 1. The Balaban J connectivity index is 1.35. The highest BCUT2D eigenvalue weighted by atomic mass is 16.5. The largest absolute Gasteiger partial charge is 0.481 e. The van der Waals surface area contributed by atoms with Gasteiger partial charge in [-0.05, 0) is 11.6 Å². The molecule has 0 unspecified atom stereocenters. The number of methoxy groups -OCH3 is 1. The minimum Gasteiger partial charge on any atom is -0.481 e. The number of nitrogens with zero attached hydrogens (tertiary/aromatic N) is 3. The Morgan fingerprint density at radius 1 is 1.08 bits per heavy atom. The van der Waals surface area contributed by atoms with Gasteiger partial charge in [0.2, 0.25) is 5.88 Å². The van der Waals surface area contributed by atoms with Gasteiger partial charge in [0, 0.05) is 58.1 Å². The van der Waals surface area contributed by atoms with E-state index in [0.717, 1.165) is 39.3 Å². The summed E-state index contributed by atoms with van der Waals surface area (Å²) in [7, 11) is 1.56. The number of ether oxygens (including phenoxy) is 1. The number of pyridine rings is 1. The van der Waals surface area contributed by atoms with E-state index in [1.54, 1.807) is 19.2 Å². The predicted octanol–water partition coefficient (Wildman–Crippen LogP) is 1.64. The number of nitrogens with one attached hydrogen (secondary N) is 1. The average Bonchev–Trinajstić information content (AvgIpc) is 2.70. The number of hydrogen-bond donors (Lipinski definition) is 1. The summed E-state index contributed by atoms with van der Waals surface area (Å²) >= 11 is 0. The lowest BCUT2D eigenvalue weighted by molar-refractivity contribution is 0.0933. The quantitative estimate of drug-likeness (QED) is 0.819. The fourth-order valence-electron chi connectivity index (χ4n) is 3.08. The van der Waals surface area contributed by atoms with Gasteiger partial charge in [0.15, 0.2) is 0 Å². The molecule has 6 nitrogen and oxygen atoms in total. The van der Waals surface area contributed by atoms with E-state index in [1.807, 2.05) is 0 Å². The number of aromatic nitrogens is 1. The lowest BCUT2D eigenvalue weighted by atomic mass is 10.2. The maximum Gasteiger partial charge on any atom is 0.252 e. The summed E-state index contributed by atoms with van der Waals surface area (Å²) in [6, 6.07) is 14.0. The van der Waals surface area contributed by atoms with E-state index in [2.05, 4.69) is 50.4 Å². The molecule has 1 aliphatic rings. The number of amides is 1. The van der Waals surface area contributed by atoms with Gasteiger partial charge in [-0.25, -0.2) is 4.98 Å². The van der Waals surface area contributed by atoms with E-state index < -0.39 is 0 Å². The topological polar surface area (TPSA) is 57.7 Å². The second-order valence-electron chi connectivity index (χ2n) is 6.45. The molecule has 2 heterocycles. The Morgan fingerprint density at radius 2 is 1.81 bits per heavy atom. The minimum atomic E-state index is -0.0946. The van der Waals surface area contributed by atoms with Crippen molar-refractivity contribution in [3.63, 3.8) is 0 Å². The first kappa shape index (κ1) is 18.4. The summed E-state index contributed by atoms with van der Waals surface area (Å²) in [4.78, 5) is 21.1. The van der Waals surface area contributed by atoms with Gasteiger partial charge in [-0.3, -0.25) is 14.6 Å². The van der Waals surface area contributed by atoms with E-state index in [-0.39, 0.29) is 5.91 Å². The molecule has 1 amide bonds. The monoisotopic (exact) mass is 354 g/mol. The molecule has 0 radical (unpaired) electrons. The van der Waals surface area contributed by atoms with Crippen molar-refractivity contribution in [2.45, 2.75) is 6.54 Å². The van der Waals surface area contributed by atoms with Crippen LogP contribution in [0.3, 0.4) is 0 Å². The molecule has 0 saturated carbocycles. The molecular weight excluding hydrogens is 328 g/mol. The van der Waals surface area contributed by atoms with Crippen LogP contribution >= 0.6 is 0 Å². The van der Waals surface area contributed by atoms with Crippen LogP contribution in [0.2, 0.25) is 0 Å². The Labute approximate surface area is 154 Å². The van der Waals surface area contributed by atoms with E-state index in [4.69, 9.17) is 4.74 Å². The van der Waals surface area contributed by atoms with E-state index in [9.17, 15) is 4.79 Å². The number of carbonyl (C=O) groups excluding carboxylic acids is 1. The maximum atomic E-state index is 12.1. The molecule has 1 aromatic heterocycles. The van der Waals surface area contributed by atoms with Crippen molar-refractivity contribution < 1.29 is 9.53 Å². The number of hydrogen-bond acceptors (Lipinski definition) is 5. The molecule has 0 atom stereocenters. The van der Waals surface area contributed by atoms with Crippen LogP contribution in [0.15, 0.2) is 48.7 Å². The maximum absolute atomic E-state index is 12.1. The van der Waals surface area contributed by atoms with Crippen LogP contribution in [0.25, 0.3) is 0 Å². The highest BCUT2D eigenvalue weighted by molar-refractivity contribution is 5.93. The summed E-state index contributed by atoms with van der Waals surface area (Å²) in [6.45, 7) is 6.71. The third-order valence-corrected chi connectivity index (χ3v) is 4.64. The van der Waals surface area contributed by atoms with Crippen molar-refractivity contribution in [2.75, 3.05) is 46.4 Å². The van der Waals surface area contributed by atoms with Gasteiger partial charge in [0.25, 0.3) is 5.91 Å². The Kier molecular flexibility index (Phi) is 6.57. The standard InChI is InChI=1S/C20H26N4O2/c1-26-19-8-7-18(15-22-19)20(25)21-9-10-23-11-13-24(14-12-23)16-17-5-3-2-4-6-17/h2-8,15H,9-14,16H2,1H3,(H,21,25). The van der Waals surface area contributed by atoms with Gasteiger partial charge in [-0.1, -0.05) is 30.3 Å².